The minimum absolute atomic E-state index is 0.0769. The first-order chi connectivity index (χ1) is 10.9. The molecule has 0 aromatic carbocycles. The molecule has 2 rings (SSSR count). The number of rotatable bonds is 7. The van der Waals surface area contributed by atoms with Gasteiger partial charge in [-0.05, 0) is 13.1 Å². The molecule has 0 aromatic heterocycles. The van der Waals surface area contributed by atoms with Gasteiger partial charge < -0.3 is 5.32 Å². The van der Waals surface area contributed by atoms with Gasteiger partial charge in [-0.3, -0.25) is 9.62 Å². The van der Waals surface area contributed by atoms with Crippen LogP contribution in [0, 0.1) is 0 Å². The molecule has 0 amide bonds. The fourth-order valence-corrected chi connectivity index (χ4v) is 4.49. The Balaban J connectivity index is 1.78. The van der Waals surface area contributed by atoms with Crippen molar-refractivity contribution in [2.45, 2.75) is 12.5 Å². The molecule has 23 heavy (non-hydrogen) atoms. The Labute approximate surface area is 141 Å². The second-order valence-corrected chi connectivity index (χ2v) is 9.00. The maximum atomic E-state index is 12.2. The van der Waals surface area contributed by atoms with Crippen LogP contribution in [0.1, 0.15) is 6.42 Å². The maximum Gasteiger partial charge on any atom is 0.233 e. The fourth-order valence-electron chi connectivity index (χ4n) is 2.66. The number of piperazine rings is 1. The molecule has 0 aromatic rings. The number of hydrogen-bond acceptors (Lipinski definition) is 5. The van der Waals surface area contributed by atoms with Crippen molar-refractivity contribution in [3.63, 3.8) is 0 Å². The van der Waals surface area contributed by atoms with Gasteiger partial charge in [0.1, 0.15) is 0 Å². The van der Waals surface area contributed by atoms with Crippen molar-refractivity contribution in [3.05, 3.63) is 23.9 Å². The molecule has 1 saturated heterocycles. The van der Waals surface area contributed by atoms with Gasteiger partial charge >= 0.3 is 0 Å². The van der Waals surface area contributed by atoms with E-state index in [-0.39, 0.29) is 11.8 Å². The first-order valence-corrected chi connectivity index (χ1v) is 10.9. The number of likely N-dealkylation sites (N-methyl/N-ethyl adjacent to an activating group) is 1. The summed E-state index contributed by atoms with van der Waals surface area (Å²) in [5.41, 5.74) is 0.720. The molecule has 2 atom stereocenters. The Hall–Kier alpha value is -0.740. The predicted octanol–water partition coefficient (Wildman–Crippen LogP) is -0.751. The van der Waals surface area contributed by atoms with E-state index in [2.05, 4.69) is 14.9 Å². The molecule has 9 heteroatoms. The first-order valence-electron chi connectivity index (χ1n) is 7.75. The summed E-state index contributed by atoms with van der Waals surface area (Å²) in [5, 5.41) is 3.12. The number of allylic oxidation sites excluding steroid dienone is 2. The maximum absolute atomic E-state index is 12.2. The molecule has 7 nitrogen and oxygen atoms in total. The first kappa shape index (κ1) is 18.6. The van der Waals surface area contributed by atoms with Crippen LogP contribution in [0.5, 0.6) is 0 Å². The minimum atomic E-state index is -3.34. The van der Waals surface area contributed by atoms with Crippen molar-refractivity contribution in [2.75, 3.05) is 51.8 Å². The van der Waals surface area contributed by atoms with Crippen LogP contribution >= 0.6 is 0 Å². The number of sulfonamides is 1. The molecule has 1 fully saturated rings. The lowest BCUT2D eigenvalue weighted by molar-refractivity contribution is 0.202. The summed E-state index contributed by atoms with van der Waals surface area (Å²) in [4.78, 5) is 2.11. The van der Waals surface area contributed by atoms with Crippen LogP contribution in [-0.4, -0.2) is 79.7 Å². The van der Waals surface area contributed by atoms with E-state index >= 15 is 0 Å². The van der Waals surface area contributed by atoms with Gasteiger partial charge in [0.25, 0.3) is 0 Å². The lowest BCUT2D eigenvalue weighted by Gasteiger charge is -2.32. The standard InChI is InChI=1S/C14H26N4O3S2/c1-15-13-4-3-5-14(12-13)16-23(20,21)11-10-17-6-8-18(9-7-17)22(2)19/h3-5,13,15-16H,6-12H2,1-2H3. The molecular weight excluding hydrogens is 336 g/mol. The summed E-state index contributed by atoms with van der Waals surface area (Å²) in [6.07, 6.45) is 8.00. The molecule has 2 aliphatic rings. The molecule has 0 spiro atoms. The Morgan fingerprint density at radius 2 is 2.00 bits per heavy atom. The zero-order valence-electron chi connectivity index (χ0n) is 13.7. The molecule has 0 bridgehead atoms. The van der Waals surface area contributed by atoms with Gasteiger partial charge in [-0.2, -0.15) is 0 Å². The Morgan fingerprint density at radius 3 is 2.61 bits per heavy atom. The predicted molar refractivity (Wildman–Crippen MR) is 93.7 cm³/mol. The second-order valence-electron chi connectivity index (χ2n) is 5.79. The third-order valence-electron chi connectivity index (χ3n) is 4.11. The van der Waals surface area contributed by atoms with Gasteiger partial charge in [-0.25, -0.2) is 16.9 Å². The van der Waals surface area contributed by atoms with Crippen molar-refractivity contribution in [3.8, 4) is 0 Å². The van der Waals surface area contributed by atoms with E-state index in [1.807, 2.05) is 23.5 Å². The molecule has 132 valence electrons. The van der Waals surface area contributed by atoms with Gasteiger partial charge in [-0.15, -0.1) is 0 Å². The van der Waals surface area contributed by atoms with Crippen molar-refractivity contribution >= 4 is 21.0 Å². The van der Waals surface area contributed by atoms with E-state index in [9.17, 15) is 12.6 Å². The second kappa shape index (κ2) is 8.39. The van der Waals surface area contributed by atoms with Crippen LogP contribution in [0.3, 0.4) is 0 Å². The van der Waals surface area contributed by atoms with Crippen LogP contribution in [0.4, 0.5) is 0 Å². The molecule has 0 radical (unpaired) electrons. The quantitative estimate of drug-likeness (QED) is 0.623. The van der Waals surface area contributed by atoms with Crippen molar-refractivity contribution in [1.82, 2.24) is 19.2 Å². The molecule has 0 saturated carbocycles. The van der Waals surface area contributed by atoms with Gasteiger partial charge in [-0.1, -0.05) is 12.2 Å². The summed E-state index contributed by atoms with van der Waals surface area (Å²) in [6, 6.07) is 0.167. The average Bonchev–Trinajstić information content (AvgIpc) is 2.53. The zero-order valence-corrected chi connectivity index (χ0v) is 15.3. The molecule has 1 aliphatic heterocycles. The molecule has 1 heterocycles. The van der Waals surface area contributed by atoms with Crippen LogP contribution < -0.4 is 10.0 Å². The molecule has 1 aliphatic carbocycles. The number of hydrogen-bond donors (Lipinski definition) is 2. The minimum Gasteiger partial charge on any atom is -0.313 e. The topological polar surface area (TPSA) is 81.8 Å². The average molecular weight is 363 g/mol. The fraction of sp³-hybridized carbons (Fsp3) is 0.714. The lowest BCUT2D eigenvalue weighted by Crippen LogP contribution is -2.48. The summed E-state index contributed by atoms with van der Waals surface area (Å²) >= 11 is 0. The summed E-state index contributed by atoms with van der Waals surface area (Å²) in [7, 11) is -2.42. The largest absolute Gasteiger partial charge is 0.313 e. The number of nitrogens with zero attached hydrogens (tertiary/aromatic N) is 2. The molecule has 2 N–H and O–H groups in total. The SMILES string of the molecule is CNC1C=CC=C(NS(=O)(=O)CCN2CCN(S(C)=O)CC2)C1. The van der Waals surface area contributed by atoms with E-state index in [4.69, 9.17) is 0 Å². The molecular formula is C14H26N4O3S2. The van der Waals surface area contributed by atoms with Crippen LogP contribution in [0.2, 0.25) is 0 Å². The van der Waals surface area contributed by atoms with Gasteiger partial charge in [0.05, 0.1) is 16.7 Å². The summed E-state index contributed by atoms with van der Waals surface area (Å²) in [6.45, 7) is 3.44. The van der Waals surface area contributed by atoms with E-state index < -0.39 is 21.0 Å². The van der Waals surface area contributed by atoms with E-state index in [1.54, 1.807) is 12.3 Å². The van der Waals surface area contributed by atoms with Crippen LogP contribution in [0.25, 0.3) is 0 Å². The third kappa shape index (κ3) is 6.00. The highest BCUT2D eigenvalue weighted by molar-refractivity contribution is 7.89. The lowest BCUT2D eigenvalue weighted by atomic mass is 10.1. The Morgan fingerprint density at radius 1 is 1.30 bits per heavy atom. The van der Waals surface area contributed by atoms with Crippen molar-refractivity contribution in [1.29, 1.82) is 0 Å². The summed E-state index contributed by atoms with van der Waals surface area (Å²) < 4.78 is 40.4. The molecule has 2 unspecified atom stereocenters. The van der Waals surface area contributed by atoms with Gasteiger partial charge in [0, 0.05) is 57.1 Å². The Bertz CT molecular complexity index is 581. The van der Waals surface area contributed by atoms with Crippen LogP contribution in [0.15, 0.2) is 23.9 Å². The highest BCUT2D eigenvalue weighted by Gasteiger charge is 2.21. The van der Waals surface area contributed by atoms with Crippen molar-refractivity contribution < 1.29 is 12.6 Å². The highest BCUT2D eigenvalue weighted by atomic mass is 32.2. The smallest absolute Gasteiger partial charge is 0.233 e. The highest BCUT2D eigenvalue weighted by Crippen LogP contribution is 2.11. The van der Waals surface area contributed by atoms with Crippen molar-refractivity contribution in [2.24, 2.45) is 0 Å². The summed E-state index contributed by atoms with van der Waals surface area (Å²) in [5.74, 6) is 0.0769. The van der Waals surface area contributed by atoms with E-state index in [1.165, 1.54) is 0 Å². The van der Waals surface area contributed by atoms with Gasteiger partial charge in [0.2, 0.25) is 10.0 Å². The third-order valence-corrected chi connectivity index (χ3v) is 6.49. The van der Waals surface area contributed by atoms with Crippen LogP contribution in [-0.2, 0) is 21.0 Å². The number of nitrogens with one attached hydrogen (secondary N) is 2. The Kier molecular flexibility index (Phi) is 6.78. The monoisotopic (exact) mass is 362 g/mol. The van der Waals surface area contributed by atoms with Gasteiger partial charge in [0.15, 0.2) is 0 Å². The zero-order chi connectivity index (χ0) is 16.9. The normalized spacial score (nSPS) is 25.1. The van der Waals surface area contributed by atoms with E-state index in [0.717, 1.165) is 31.9 Å². The van der Waals surface area contributed by atoms with E-state index in [0.29, 0.717) is 13.0 Å².